The van der Waals surface area contributed by atoms with Gasteiger partial charge in [0.2, 0.25) is 5.43 Å². The van der Waals surface area contributed by atoms with Crippen molar-refractivity contribution in [3.63, 3.8) is 0 Å². The van der Waals surface area contributed by atoms with Gasteiger partial charge in [0.1, 0.15) is 5.69 Å². The Morgan fingerprint density at radius 1 is 1.39 bits per heavy atom. The number of ether oxygens (including phenoxy) is 2. The summed E-state index contributed by atoms with van der Waals surface area (Å²) in [4.78, 5) is 33.4. The Morgan fingerprint density at radius 3 is 2.56 bits per heavy atom. The number of rotatable bonds is 5. The molecule has 0 spiro atoms. The summed E-state index contributed by atoms with van der Waals surface area (Å²) < 4.78 is 10.5. The zero-order valence-electron chi connectivity index (χ0n) is 10.0. The molecule has 0 radical (unpaired) electrons. The van der Waals surface area contributed by atoms with Gasteiger partial charge in [-0.3, -0.25) is 9.59 Å². The van der Waals surface area contributed by atoms with E-state index in [1.165, 1.54) is 25.0 Å². The van der Waals surface area contributed by atoms with Gasteiger partial charge in [0.25, 0.3) is 0 Å². The summed E-state index contributed by atoms with van der Waals surface area (Å²) in [6.07, 6.45) is 1.26. The number of nitrogens with zero attached hydrogens (tertiary/aromatic N) is 1. The van der Waals surface area contributed by atoms with E-state index in [4.69, 9.17) is 9.84 Å². The highest BCUT2D eigenvalue weighted by atomic mass is 16.5. The Balaban J connectivity index is 3.10. The van der Waals surface area contributed by atoms with Crippen molar-refractivity contribution in [2.75, 3.05) is 14.2 Å². The fourth-order valence-electron chi connectivity index (χ4n) is 1.39. The minimum Gasteiger partial charge on any atom is -0.491 e. The largest absolute Gasteiger partial charge is 0.491 e. The summed E-state index contributed by atoms with van der Waals surface area (Å²) in [7, 11) is 2.55. The fraction of sp³-hybridized carbons (Fsp3) is 0.364. The van der Waals surface area contributed by atoms with Crippen molar-refractivity contribution in [2.24, 2.45) is 0 Å². The van der Waals surface area contributed by atoms with Gasteiger partial charge in [-0.15, -0.1) is 0 Å². The third-order valence-corrected chi connectivity index (χ3v) is 2.32. The van der Waals surface area contributed by atoms with Crippen molar-refractivity contribution in [2.45, 2.75) is 13.0 Å². The van der Waals surface area contributed by atoms with Crippen molar-refractivity contribution < 1.29 is 24.2 Å². The van der Waals surface area contributed by atoms with E-state index in [1.807, 2.05) is 0 Å². The molecule has 7 nitrogen and oxygen atoms in total. The number of methoxy groups -OCH3 is 2. The van der Waals surface area contributed by atoms with E-state index in [0.717, 1.165) is 6.07 Å². The van der Waals surface area contributed by atoms with Gasteiger partial charge in [0.15, 0.2) is 5.75 Å². The first-order valence-electron chi connectivity index (χ1n) is 5.08. The lowest BCUT2D eigenvalue weighted by molar-refractivity contribution is -0.140. The number of carboxylic acid groups (broad SMARTS) is 1. The van der Waals surface area contributed by atoms with Crippen molar-refractivity contribution in [1.29, 1.82) is 0 Å². The molecule has 1 N–H and O–H groups in total. The number of aromatic nitrogens is 1. The molecule has 1 rings (SSSR count). The van der Waals surface area contributed by atoms with Crippen LogP contribution in [0.15, 0.2) is 17.1 Å². The maximum absolute atomic E-state index is 11.4. The van der Waals surface area contributed by atoms with Gasteiger partial charge < -0.3 is 19.1 Å². The fourth-order valence-corrected chi connectivity index (χ4v) is 1.39. The second-order valence-corrected chi connectivity index (χ2v) is 3.42. The Morgan fingerprint density at radius 2 is 2.06 bits per heavy atom. The van der Waals surface area contributed by atoms with Crippen LogP contribution in [-0.2, 0) is 16.1 Å². The van der Waals surface area contributed by atoms with E-state index in [9.17, 15) is 14.4 Å². The number of esters is 1. The molecule has 0 aliphatic rings. The van der Waals surface area contributed by atoms with Gasteiger partial charge in [-0.2, -0.15) is 0 Å². The molecule has 0 saturated carbocycles. The van der Waals surface area contributed by atoms with Gasteiger partial charge >= 0.3 is 11.9 Å². The van der Waals surface area contributed by atoms with Gasteiger partial charge in [0.05, 0.1) is 26.8 Å². The monoisotopic (exact) mass is 255 g/mol. The second-order valence-electron chi connectivity index (χ2n) is 3.42. The average molecular weight is 255 g/mol. The third-order valence-electron chi connectivity index (χ3n) is 2.32. The molecule has 0 unspecified atom stereocenters. The maximum atomic E-state index is 11.4. The molecule has 0 bridgehead atoms. The van der Waals surface area contributed by atoms with Crippen LogP contribution in [0.4, 0.5) is 0 Å². The molecule has 0 atom stereocenters. The molecule has 7 heteroatoms. The highest BCUT2D eigenvalue weighted by Crippen LogP contribution is 2.08. The summed E-state index contributed by atoms with van der Waals surface area (Å²) in [5.41, 5.74) is -0.728. The predicted octanol–water partition coefficient (Wildman–Crippen LogP) is 0.118. The molecular formula is C11H13NO6. The van der Waals surface area contributed by atoms with Gasteiger partial charge in [-0.05, 0) is 0 Å². The van der Waals surface area contributed by atoms with Gasteiger partial charge in [-0.25, -0.2) is 4.79 Å². The molecule has 1 aromatic heterocycles. The number of pyridine rings is 1. The lowest BCUT2D eigenvalue weighted by Crippen LogP contribution is -2.19. The molecule has 0 aliphatic carbocycles. The first-order chi connectivity index (χ1) is 8.49. The average Bonchev–Trinajstić information content (AvgIpc) is 2.36. The SMILES string of the molecule is COC(=O)CCn1cc(OC)c(=O)cc1C(=O)O. The van der Waals surface area contributed by atoms with Crippen LogP contribution in [-0.4, -0.2) is 35.8 Å². The Labute approximate surface area is 103 Å². The molecule has 18 heavy (non-hydrogen) atoms. The highest BCUT2D eigenvalue weighted by molar-refractivity contribution is 5.85. The summed E-state index contributed by atoms with van der Waals surface area (Å²) >= 11 is 0. The van der Waals surface area contributed by atoms with Crippen molar-refractivity contribution in [3.05, 3.63) is 28.2 Å². The standard InChI is InChI=1S/C11H13NO6/c1-17-9-6-12(4-3-10(14)18-2)7(11(15)16)5-8(9)13/h5-6H,3-4H2,1-2H3,(H,15,16). The number of carbonyl (C=O) groups is 2. The molecule has 0 amide bonds. The van der Waals surface area contributed by atoms with Crippen molar-refractivity contribution in [3.8, 4) is 5.75 Å². The van der Waals surface area contributed by atoms with Crippen LogP contribution in [0.3, 0.4) is 0 Å². The zero-order valence-corrected chi connectivity index (χ0v) is 10.0. The lowest BCUT2D eigenvalue weighted by Gasteiger charge is -2.11. The minimum absolute atomic E-state index is 0.00278. The van der Waals surface area contributed by atoms with E-state index in [1.54, 1.807) is 0 Å². The molecular weight excluding hydrogens is 242 g/mol. The van der Waals surface area contributed by atoms with Crippen LogP contribution in [0.1, 0.15) is 16.9 Å². The number of aromatic carboxylic acids is 1. The van der Waals surface area contributed by atoms with Crippen LogP contribution in [0.2, 0.25) is 0 Å². The molecule has 0 aromatic carbocycles. The van der Waals surface area contributed by atoms with Crippen LogP contribution < -0.4 is 10.2 Å². The predicted molar refractivity (Wildman–Crippen MR) is 60.8 cm³/mol. The minimum atomic E-state index is -1.25. The number of hydrogen-bond acceptors (Lipinski definition) is 5. The summed E-state index contributed by atoms with van der Waals surface area (Å²) in [6.45, 7) is 0.0882. The smallest absolute Gasteiger partial charge is 0.352 e. The third kappa shape index (κ3) is 3.09. The van der Waals surface area contributed by atoms with Gasteiger partial charge in [-0.1, -0.05) is 0 Å². The first kappa shape index (κ1) is 13.8. The number of aryl methyl sites for hydroxylation is 1. The van der Waals surface area contributed by atoms with E-state index in [-0.39, 0.29) is 24.4 Å². The van der Waals surface area contributed by atoms with Crippen LogP contribution >= 0.6 is 0 Å². The number of carbonyl (C=O) groups excluding carboxylic acids is 1. The molecule has 1 heterocycles. The normalized spacial score (nSPS) is 9.89. The lowest BCUT2D eigenvalue weighted by atomic mass is 10.3. The maximum Gasteiger partial charge on any atom is 0.352 e. The molecule has 1 aromatic rings. The molecule has 0 saturated heterocycles. The number of hydrogen-bond donors (Lipinski definition) is 1. The second kappa shape index (κ2) is 5.85. The summed E-state index contributed by atoms with van der Waals surface area (Å²) in [6, 6.07) is 0.957. The number of carboxylic acids is 1. The van der Waals surface area contributed by atoms with E-state index in [0.29, 0.717) is 0 Å². The topological polar surface area (TPSA) is 94.8 Å². The van der Waals surface area contributed by atoms with E-state index >= 15 is 0 Å². The molecule has 98 valence electrons. The molecule has 0 aliphatic heterocycles. The van der Waals surface area contributed by atoms with Crippen molar-refractivity contribution in [1.82, 2.24) is 4.57 Å². The Hall–Kier alpha value is -2.31. The highest BCUT2D eigenvalue weighted by Gasteiger charge is 2.13. The van der Waals surface area contributed by atoms with Crippen LogP contribution in [0.5, 0.6) is 5.75 Å². The van der Waals surface area contributed by atoms with Crippen LogP contribution in [0, 0.1) is 0 Å². The first-order valence-corrected chi connectivity index (χ1v) is 5.08. The Kier molecular flexibility index (Phi) is 4.47. The van der Waals surface area contributed by atoms with Crippen LogP contribution in [0.25, 0.3) is 0 Å². The summed E-state index contributed by atoms with van der Waals surface area (Å²) in [5.74, 6) is -1.70. The Bertz CT molecular complexity index is 519. The summed E-state index contributed by atoms with van der Waals surface area (Å²) in [5, 5.41) is 8.96. The van der Waals surface area contributed by atoms with E-state index < -0.39 is 17.4 Å². The van der Waals surface area contributed by atoms with Crippen molar-refractivity contribution >= 4 is 11.9 Å². The van der Waals surface area contributed by atoms with E-state index in [2.05, 4.69) is 4.74 Å². The zero-order chi connectivity index (χ0) is 13.7. The quantitative estimate of drug-likeness (QED) is 0.751. The van der Waals surface area contributed by atoms with Gasteiger partial charge in [0, 0.05) is 12.6 Å². The molecule has 0 fully saturated rings.